The van der Waals surface area contributed by atoms with Crippen molar-refractivity contribution in [2.75, 3.05) is 27.9 Å². The SMILES string of the molecule is CCCN1C(=O)C(=Cc2ccc(OC)c(OC)c2)SC1=Nc1ccc(OC)cc1. The number of methoxy groups -OCH3 is 3. The zero-order valence-electron chi connectivity index (χ0n) is 17.0. The summed E-state index contributed by atoms with van der Waals surface area (Å²) in [6, 6.07) is 13.0. The molecule has 0 radical (unpaired) electrons. The Labute approximate surface area is 175 Å². The number of carbonyl (C=O) groups excluding carboxylic acids is 1. The maximum Gasteiger partial charge on any atom is 0.266 e. The summed E-state index contributed by atoms with van der Waals surface area (Å²) in [5.41, 5.74) is 1.63. The highest BCUT2D eigenvalue weighted by atomic mass is 32.2. The molecule has 1 aliphatic rings. The number of amidine groups is 1. The fourth-order valence-corrected chi connectivity index (χ4v) is 3.90. The topological polar surface area (TPSA) is 60.4 Å². The lowest BCUT2D eigenvalue weighted by Crippen LogP contribution is -2.29. The van der Waals surface area contributed by atoms with Gasteiger partial charge < -0.3 is 14.2 Å². The van der Waals surface area contributed by atoms with Crippen molar-refractivity contribution in [1.82, 2.24) is 4.90 Å². The fourth-order valence-electron chi connectivity index (χ4n) is 2.87. The molecule has 0 unspecified atom stereocenters. The lowest BCUT2D eigenvalue weighted by molar-refractivity contribution is -0.122. The molecule has 152 valence electrons. The molecule has 0 aromatic heterocycles. The minimum atomic E-state index is -0.0427. The summed E-state index contributed by atoms with van der Waals surface area (Å²) in [6.45, 7) is 2.66. The number of thioether (sulfide) groups is 1. The molecule has 2 aromatic rings. The lowest BCUT2D eigenvalue weighted by Gasteiger charge is -2.14. The first-order chi connectivity index (χ1) is 14.1. The van der Waals surface area contributed by atoms with Gasteiger partial charge >= 0.3 is 0 Å². The maximum atomic E-state index is 13.0. The summed E-state index contributed by atoms with van der Waals surface area (Å²) in [4.78, 5) is 20.0. The second kappa shape index (κ2) is 9.52. The smallest absolute Gasteiger partial charge is 0.266 e. The Morgan fingerprint density at radius 2 is 1.72 bits per heavy atom. The molecule has 0 saturated carbocycles. The van der Waals surface area contributed by atoms with Crippen molar-refractivity contribution in [2.24, 2.45) is 4.99 Å². The number of ether oxygens (including phenoxy) is 3. The average molecular weight is 413 g/mol. The Kier molecular flexibility index (Phi) is 6.82. The highest BCUT2D eigenvalue weighted by Crippen LogP contribution is 2.36. The van der Waals surface area contributed by atoms with E-state index in [9.17, 15) is 4.79 Å². The fraction of sp³-hybridized carbons (Fsp3) is 0.273. The van der Waals surface area contributed by atoms with E-state index in [-0.39, 0.29) is 5.91 Å². The summed E-state index contributed by atoms with van der Waals surface area (Å²) < 4.78 is 15.8. The van der Waals surface area contributed by atoms with Crippen LogP contribution in [0.5, 0.6) is 17.2 Å². The molecular formula is C22H24N2O4S. The molecule has 0 atom stereocenters. The van der Waals surface area contributed by atoms with Crippen molar-refractivity contribution < 1.29 is 19.0 Å². The predicted molar refractivity (Wildman–Crippen MR) is 117 cm³/mol. The average Bonchev–Trinajstić information content (AvgIpc) is 3.03. The second-order valence-corrected chi connectivity index (χ2v) is 7.28. The molecule has 1 amide bonds. The Morgan fingerprint density at radius 3 is 2.34 bits per heavy atom. The second-order valence-electron chi connectivity index (χ2n) is 6.27. The standard InChI is InChI=1S/C22H24N2O4S/c1-5-12-24-21(25)20(14-15-6-11-18(27-3)19(13-15)28-4)29-22(24)23-16-7-9-17(26-2)10-8-16/h6-11,13-14H,5,12H2,1-4H3. The molecule has 0 spiro atoms. The van der Waals surface area contributed by atoms with Crippen LogP contribution in [0.2, 0.25) is 0 Å². The lowest BCUT2D eigenvalue weighted by atomic mass is 10.2. The molecule has 1 saturated heterocycles. The Hall–Kier alpha value is -2.93. The number of aliphatic imine (C=N–C) groups is 1. The first-order valence-corrected chi connectivity index (χ1v) is 10.1. The van der Waals surface area contributed by atoms with Crippen LogP contribution in [0.4, 0.5) is 5.69 Å². The predicted octanol–water partition coefficient (Wildman–Crippen LogP) is 4.73. The Morgan fingerprint density at radius 1 is 1.00 bits per heavy atom. The van der Waals surface area contributed by atoms with Crippen molar-refractivity contribution >= 4 is 34.6 Å². The van der Waals surface area contributed by atoms with E-state index in [2.05, 4.69) is 4.99 Å². The molecular weight excluding hydrogens is 388 g/mol. The molecule has 1 heterocycles. The number of rotatable bonds is 7. The van der Waals surface area contributed by atoms with Crippen LogP contribution in [0.1, 0.15) is 18.9 Å². The molecule has 29 heavy (non-hydrogen) atoms. The van der Waals surface area contributed by atoms with Crippen LogP contribution >= 0.6 is 11.8 Å². The minimum absolute atomic E-state index is 0.0427. The van der Waals surface area contributed by atoms with Gasteiger partial charge in [0.1, 0.15) is 5.75 Å². The molecule has 0 bridgehead atoms. The first kappa shape index (κ1) is 20.8. The van der Waals surface area contributed by atoms with Gasteiger partial charge in [0.25, 0.3) is 5.91 Å². The summed E-state index contributed by atoms with van der Waals surface area (Å²) >= 11 is 1.37. The molecule has 0 aliphatic carbocycles. The van der Waals surface area contributed by atoms with E-state index < -0.39 is 0 Å². The van der Waals surface area contributed by atoms with E-state index in [4.69, 9.17) is 14.2 Å². The maximum absolute atomic E-state index is 13.0. The van der Waals surface area contributed by atoms with Crippen molar-refractivity contribution in [2.45, 2.75) is 13.3 Å². The van der Waals surface area contributed by atoms with Crippen molar-refractivity contribution in [3.8, 4) is 17.2 Å². The monoisotopic (exact) mass is 412 g/mol. The molecule has 0 N–H and O–H groups in total. The van der Waals surface area contributed by atoms with Gasteiger partial charge in [-0.25, -0.2) is 4.99 Å². The van der Waals surface area contributed by atoms with E-state index >= 15 is 0 Å². The molecule has 3 rings (SSSR count). The van der Waals surface area contributed by atoms with E-state index in [1.54, 1.807) is 26.2 Å². The van der Waals surface area contributed by atoms with Gasteiger partial charge in [-0.3, -0.25) is 9.69 Å². The Balaban J connectivity index is 1.92. The number of hydrogen-bond acceptors (Lipinski definition) is 6. The van der Waals surface area contributed by atoms with Crippen molar-refractivity contribution in [3.05, 3.63) is 52.9 Å². The largest absolute Gasteiger partial charge is 0.497 e. The van der Waals surface area contributed by atoms with Gasteiger partial charge in [0, 0.05) is 6.54 Å². The van der Waals surface area contributed by atoms with Crippen LogP contribution in [0.15, 0.2) is 52.4 Å². The Bertz CT molecular complexity index is 938. The van der Waals surface area contributed by atoms with E-state index in [1.807, 2.05) is 55.5 Å². The van der Waals surface area contributed by atoms with Crippen LogP contribution < -0.4 is 14.2 Å². The molecule has 1 aliphatic heterocycles. The zero-order valence-corrected chi connectivity index (χ0v) is 17.8. The van der Waals surface area contributed by atoms with Crippen molar-refractivity contribution in [1.29, 1.82) is 0 Å². The van der Waals surface area contributed by atoms with Crippen LogP contribution in [-0.4, -0.2) is 43.8 Å². The number of hydrogen-bond donors (Lipinski definition) is 0. The van der Waals surface area contributed by atoms with Gasteiger partial charge in [0.2, 0.25) is 0 Å². The van der Waals surface area contributed by atoms with Gasteiger partial charge in [-0.05, 0) is 66.2 Å². The third kappa shape index (κ3) is 4.74. The number of benzene rings is 2. The molecule has 7 heteroatoms. The summed E-state index contributed by atoms with van der Waals surface area (Å²) in [7, 11) is 4.81. The summed E-state index contributed by atoms with van der Waals surface area (Å²) in [5.74, 6) is 1.99. The molecule has 1 fully saturated rings. The quantitative estimate of drug-likeness (QED) is 0.616. The number of amides is 1. The third-order valence-electron chi connectivity index (χ3n) is 4.34. The zero-order chi connectivity index (χ0) is 20.8. The van der Waals surface area contributed by atoms with Crippen LogP contribution in [0, 0.1) is 0 Å². The summed E-state index contributed by atoms with van der Waals surface area (Å²) in [6.07, 6.45) is 2.70. The summed E-state index contributed by atoms with van der Waals surface area (Å²) in [5, 5.41) is 0.675. The van der Waals surface area contributed by atoms with Gasteiger partial charge in [-0.1, -0.05) is 13.0 Å². The number of nitrogens with zero attached hydrogens (tertiary/aromatic N) is 2. The highest BCUT2D eigenvalue weighted by Gasteiger charge is 2.32. The van der Waals surface area contributed by atoms with Gasteiger partial charge in [-0.2, -0.15) is 0 Å². The van der Waals surface area contributed by atoms with Gasteiger partial charge in [0.05, 0.1) is 31.9 Å². The van der Waals surface area contributed by atoms with Crippen LogP contribution in [0.25, 0.3) is 6.08 Å². The van der Waals surface area contributed by atoms with Crippen molar-refractivity contribution in [3.63, 3.8) is 0 Å². The highest BCUT2D eigenvalue weighted by molar-refractivity contribution is 8.18. The van der Waals surface area contributed by atoms with Gasteiger partial charge in [-0.15, -0.1) is 0 Å². The van der Waals surface area contributed by atoms with E-state index in [1.165, 1.54) is 11.8 Å². The normalized spacial score (nSPS) is 16.6. The number of carbonyl (C=O) groups is 1. The molecule has 2 aromatic carbocycles. The van der Waals surface area contributed by atoms with Crippen LogP contribution in [-0.2, 0) is 4.79 Å². The van der Waals surface area contributed by atoms with Gasteiger partial charge in [0.15, 0.2) is 16.7 Å². The molecule has 6 nitrogen and oxygen atoms in total. The first-order valence-electron chi connectivity index (χ1n) is 9.25. The van der Waals surface area contributed by atoms with E-state index in [0.29, 0.717) is 28.1 Å². The van der Waals surface area contributed by atoms with E-state index in [0.717, 1.165) is 23.4 Å². The third-order valence-corrected chi connectivity index (χ3v) is 5.34. The minimum Gasteiger partial charge on any atom is -0.497 e. The van der Waals surface area contributed by atoms with Crippen LogP contribution in [0.3, 0.4) is 0 Å².